The third kappa shape index (κ3) is 48.2. The van der Waals surface area contributed by atoms with Gasteiger partial charge in [-0.2, -0.15) is 0 Å². The Bertz CT molecular complexity index is 1990. The van der Waals surface area contributed by atoms with Gasteiger partial charge in [0.1, 0.15) is 73.2 Å². The minimum atomic E-state index is -1.98. The molecule has 19 nitrogen and oxygen atoms in total. The quantitative estimate of drug-likeness (QED) is 0.0199. The van der Waals surface area contributed by atoms with E-state index >= 15 is 0 Å². The second kappa shape index (κ2) is 69.8. The van der Waals surface area contributed by atoms with Crippen molar-refractivity contribution in [2.24, 2.45) is 0 Å². The SMILES string of the molecule is CCCCCCCCCCCCCCCCCCCCCCCCCCCCCC/C=C/C(O)C(COC1OC(CO)C(OC2OC(CO)C(OC3OC(CO)C(O)C(O)C3O)C(O)C2O)C(O)C1O)NC(=O)CCCCCCCCCCCCCCCCCCCCCCCCCCCCCCCCCCC. The van der Waals surface area contributed by atoms with Crippen molar-refractivity contribution in [2.45, 2.75) is 523 Å². The molecule has 17 atom stereocenters. The molecule has 12 N–H and O–H groups in total. The van der Waals surface area contributed by atoms with E-state index in [0.29, 0.717) is 6.42 Å². The number of aliphatic hydroxyl groups is 11. The summed E-state index contributed by atoms with van der Waals surface area (Å²) >= 11 is 0. The van der Waals surface area contributed by atoms with E-state index in [1.54, 1.807) is 6.08 Å². The zero-order valence-corrected chi connectivity index (χ0v) is 69.1. The Balaban J connectivity index is 1.32. The van der Waals surface area contributed by atoms with Crippen molar-refractivity contribution in [3.05, 3.63) is 12.2 Å². The van der Waals surface area contributed by atoms with Gasteiger partial charge in [-0.25, -0.2) is 0 Å². The number of carbonyl (C=O) groups is 1. The van der Waals surface area contributed by atoms with Gasteiger partial charge in [0.25, 0.3) is 0 Å². The monoisotopic (exact) mass is 1540 g/mol. The predicted molar refractivity (Wildman–Crippen MR) is 434 cm³/mol. The van der Waals surface area contributed by atoms with Gasteiger partial charge in [-0.15, -0.1) is 0 Å². The van der Waals surface area contributed by atoms with Crippen molar-refractivity contribution in [1.82, 2.24) is 5.32 Å². The van der Waals surface area contributed by atoms with Crippen molar-refractivity contribution in [3.63, 3.8) is 0 Å². The summed E-state index contributed by atoms with van der Waals surface area (Å²) in [6, 6.07) is -0.971. The van der Waals surface area contributed by atoms with Gasteiger partial charge in [-0.3, -0.25) is 4.79 Å². The van der Waals surface area contributed by atoms with Gasteiger partial charge in [0.05, 0.1) is 38.6 Å². The lowest BCUT2D eigenvalue weighted by Crippen LogP contribution is -2.66. The standard InChI is InChI=1S/C89H171NO18/c1-3-5-7-9-11-13-15-17-19-21-23-25-27-29-31-33-35-36-37-39-41-43-45-47-49-51-53-55-57-59-61-63-65-67-77(95)90-72(73(94)66-64-62-60-58-56-54-52-50-48-46-44-42-40-38-34-32-30-28-26-24-22-20-18-16-14-12-10-8-6-4-2)71-103-87-83(101)80(98)85(75(69-92)105-87)108-89-84(102)81(99)86(76(70-93)106-89)107-88-82(100)79(97)78(96)74(68-91)104-88/h64,66,72-76,78-89,91-94,96-102H,3-63,65,67-71H2,1-2H3,(H,90,95)/b66-64+. The van der Waals surface area contributed by atoms with Crippen molar-refractivity contribution in [1.29, 1.82) is 0 Å². The summed E-state index contributed by atoms with van der Waals surface area (Å²) in [7, 11) is 0. The lowest BCUT2D eigenvalue weighted by molar-refractivity contribution is -0.379. The van der Waals surface area contributed by atoms with Gasteiger partial charge in [-0.05, 0) is 19.3 Å². The number of ether oxygens (including phenoxy) is 6. The zero-order chi connectivity index (χ0) is 78.1. The minimum Gasteiger partial charge on any atom is -0.394 e. The topological polar surface area (TPSA) is 307 Å². The molecule has 0 aromatic carbocycles. The second-order valence-corrected chi connectivity index (χ2v) is 33.1. The molecule has 0 spiro atoms. The smallest absolute Gasteiger partial charge is 0.220 e. The molecule has 3 aliphatic rings. The summed E-state index contributed by atoms with van der Waals surface area (Å²) in [5, 5.41) is 121. The van der Waals surface area contributed by atoms with Crippen molar-refractivity contribution >= 4 is 5.91 Å². The number of carbonyl (C=O) groups excluding carboxylic acids is 1. The molecule has 0 radical (unpaired) electrons. The van der Waals surface area contributed by atoms with Crippen molar-refractivity contribution in [2.75, 3.05) is 26.4 Å². The lowest BCUT2D eigenvalue weighted by atomic mass is 9.96. The average molecular weight is 1540 g/mol. The summed E-state index contributed by atoms with van der Waals surface area (Å²) < 4.78 is 34.5. The van der Waals surface area contributed by atoms with Crippen LogP contribution < -0.4 is 5.32 Å². The maximum atomic E-state index is 13.5. The van der Waals surface area contributed by atoms with Crippen LogP contribution in [0.1, 0.15) is 418 Å². The summed E-state index contributed by atoms with van der Waals surface area (Å²) in [5.41, 5.74) is 0. The second-order valence-electron chi connectivity index (χ2n) is 33.1. The Morgan fingerprint density at radius 2 is 0.574 bits per heavy atom. The van der Waals surface area contributed by atoms with Gasteiger partial charge in [0.15, 0.2) is 18.9 Å². The Hall–Kier alpha value is -1.47. The maximum absolute atomic E-state index is 13.5. The van der Waals surface area contributed by atoms with E-state index < -0.39 is 124 Å². The molecule has 108 heavy (non-hydrogen) atoms. The molecule has 0 aliphatic carbocycles. The number of rotatable bonds is 76. The molecule has 3 aliphatic heterocycles. The largest absolute Gasteiger partial charge is 0.394 e. The van der Waals surface area contributed by atoms with Gasteiger partial charge in [-0.1, -0.05) is 405 Å². The van der Waals surface area contributed by atoms with Gasteiger partial charge in [0, 0.05) is 6.42 Å². The molecular formula is C89H171NO18. The summed E-state index contributed by atoms with van der Waals surface area (Å²) in [5.74, 6) is -0.264. The van der Waals surface area contributed by atoms with E-state index in [9.17, 15) is 61.0 Å². The Morgan fingerprint density at radius 1 is 0.324 bits per heavy atom. The van der Waals surface area contributed by atoms with E-state index in [0.717, 1.165) is 44.9 Å². The number of aliphatic hydroxyl groups excluding tert-OH is 11. The highest BCUT2D eigenvalue weighted by atomic mass is 16.8. The summed E-state index contributed by atoms with van der Waals surface area (Å²) in [4.78, 5) is 13.5. The van der Waals surface area contributed by atoms with E-state index in [2.05, 4.69) is 19.2 Å². The molecule has 17 unspecified atom stereocenters. The molecule has 0 saturated carbocycles. The van der Waals surface area contributed by atoms with Gasteiger partial charge in [0.2, 0.25) is 5.91 Å². The molecule has 0 aromatic rings. The Labute approximate surface area is 658 Å². The van der Waals surface area contributed by atoms with Crippen LogP contribution in [0.4, 0.5) is 0 Å². The molecule has 3 fully saturated rings. The Morgan fingerprint density at radius 3 is 0.870 bits per heavy atom. The highest BCUT2D eigenvalue weighted by molar-refractivity contribution is 5.76. The molecule has 0 bridgehead atoms. The first-order chi connectivity index (χ1) is 52.8. The van der Waals surface area contributed by atoms with Crippen LogP contribution in [-0.4, -0.2) is 193 Å². The fraction of sp³-hybridized carbons (Fsp3) is 0.966. The predicted octanol–water partition coefficient (Wildman–Crippen LogP) is 17.5. The molecule has 1 amide bonds. The first-order valence-corrected chi connectivity index (χ1v) is 45.9. The van der Waals surface area contributed by atoms with Crippen molar-refractivity contribution < 1.29 is 89.4 Å². The number of hydrogen-bond acceptors (Lipinski definition) is 18. The highest BCUT2D eigenvalue weighted by Crippen LogP contribution is 2.34. The van der Waals surface area contributed by atoms with Crippen LogP contribution in [0.25, 0.3) is 0 Å². The number of allylic oxidation sites excluding steroid dienone is 1. The normalized spacial score (nSPS) is 25.4. The molecule has 0 aromatic heterocycles. The van der Waals surface area contributed by atoms with Gasteiger partial charge < -0.3 is 89.9 Å². The number of unbranched alkanes of at least 4 members (excludes halogenated alkanes) is 60. The lowest BCUT2D eigenvalue weighted by Gasteiger charge is -2.48. The fourth-order valence-electron chi connectivity index (χ4n) is 16.0. The number of hydrogen-bond donors (Lipinski definition) is 12. The molecular weight excluding hydrogens is 1370 g/mol. The van der Waals surface area contributed by atoms with Crippen LogP contribution >= 0.6 is 0 Å². The van der Waals surface area contributed by atoms with E-state index in [-0.39, 0.29) is 18.9 Å². The van der Waals surface area contributed by atoms with Crippen molar-refractivity contribution in [3.8, 4) is 0 Å². The summed E-state index contributed by atoms with van der Waals surface area (Å²) in [6.07, 6.45) is 59.5. The zero-order valence-electron chi connectivity index (χ0n) is 69.1. The summed E-state index contributed by atoms with van der Waals surface area (Å²) in [6.45, 7) is 1.82. The third-order valence-corrected chi connectivity index (χ3v) is 23.3. The first-order valence-electron chi connectivity index (χ1n) is 45.9. The third-order valence-electron chi connectivity index (χ3n) is 23.3. The van der Waals surface area contributed by atoms with Gasteiger partial charge >= 0.3 is 0 Å². The Kier molecular flexibility index (Phi) is 65.1. The molecule has 640 valence electrons. The van der Waals surface area contributed by atoms with Crippen LogP contribution in [0.2, 0.25) is 0 Å². The van der Waals surface area contributed by atoms with Crippen LogP contribution in [-0.2, 0) is 33.2 Å². The van der Waals surface area contributed by atoms with Crippen LogP contribution in [0.5, 0.6) is 0 Å². The maximum Gasteiger partial charge on any atom is 0.220 e. The molecule has 3 rings (SSSR count). The van der Waals surface area contributed by atoms with Crippen LogP contribution in [0, 0.1) is 0 Å². The number of amides is 1. The number of nitrogens with one attached hydrogen (secondary N) is 1. The molecule has 19 heteroatoms. The van der Waals surface area contributed by atoms with E-state index in [1.165, 1.54) is 347 Å². The van der Waals surface area contributed by atoms with E-state index in [1.807, 2.05) is 6.08 Å². The highest BCUT2D eigenvalue weighted by Gasteiger charge is 2.54. The van der Waals surface area contributed by atoms with Crippen LogP contribution in [0.3, 0.4) is 0 Å². The molecule has 3 saturated heterocycles. The average Bonchev–Trinajstić information content (AvgIpc) is 0.772. The minimum absolute atomic E-state index is 0.251. The van der Waals surface area contributed by atoms with E-state index in [4.69, 9.17) is 28.4 Å². The van der Waals surface area contributed by atoms with Crippen LogP contribution in [0.15, 0.2) is 12.2 Å². The fourth-order valence-corrected chi connectivity index (χ4v) is 16.0. The first kappa shape index (κ1) is 101. The molecule has 3 heterocycles.